The Bertz CT molecular complexity index is 469. The van der Waals surface area contributed by atoms with Crippen LogP contribution in [0.25, 0.3) is 0 Å². The SMILES string of the molecule is CC(C=CC1=C(C)CC2OCCOC2C1(C)C)=CC=O. The summed E-state index contributed by atoms with van der Waals surface area (Å²) in [6.45, 7) is 9.87. The molecule has 2 aliphatic rings. The van der Waals surface area contributed by atoms with Gasteiger partial charge >= 0.3 is 0 Å². The van der Waals surface area contributed by atoms with Crippen LogP contribution in [0.1, 0.15) is 34.1 Å². The summed E-state index contributed by atoms with van der Waals surface area (Å²) in [6, 6.07) is 0. The van der Waals surface area contributed by atoms with Gasteiger partial charge in [0.2, 0.25) is 0 Å². The Morgan fingerprint density at radius 1 is 1.30 bits per heavy atom. The third kappa shape index (κ3) is 2.94. The van der Waals surface area contributed by atoms with Crippen molar-refractivity contribution in [3.63, 3.8) is 0 Å². The molecule has 0 amide bonds. The summed E-state index contributed by atoms with van der Waals surface area (Å²) in [4.78, 5) is 10.5. The molecule has 2 rings (SSSR count). The van der Waals surface area contributed by atoms with Crippen molar-refractivity contribution in [1.29, 1.82) is 0 Å². The third-order valence-corrected chi connectivity index (χ3v) is 4.27. The Morgan fingerprint density at radius 2 is 2.00 bits per heavy atom. The highest BCUT2D eigenvalue weighted by molar-refractivity contribution is 5.67. The van der Waals surface area contributed by atoms with Gasteiger partial charge in [0.15, 0.2) is 0 Å². The normalized spacial score (nSPS) is 30.5. The molecule has 0 aromatic rings. The van der Waals surface area contributed by atoms with Gasteiger partial charge in [-0.3, -0.25) is 4.79 Å². The van der Waals surface area contributed by atoms with Crippen LogP contribution in [0, 0.1) is 5.41 Å². The van der Waals surface area contributed by atoms with Crippen molar-refractivity contribution < 1.29 is 14.3 Å². The van der Waals surface area contributed by atoms with E-state index in [1.165, 1.54) is 11.1 Å². The lowest BCUT2D eigenvalue weighted by Crippen LogP contribution is -2.50. The maximum absolute atomic E-state index is 10.5. The first kappa shape index (κ1) is 15.2. The van der Waals surface area contributed by atoms with E-state index in [9.17, 15) is 4.79 Å². The van der Waals surface area contributed by atoms with Gasteiger partial charge in [-0.1, -0.05) is 31.6 Å². The molecule has 110 valence electrons. The van der Waals surface area contributed by atoms with Gasteiger partial charge in [-0.25, -0.2) is 0 Å². The molecule has 1 fully saturated rings. The highest BCUT2D eigenvalue weighted by Gasteiger charge is 2.45. The zero-order valence-corrected chi connectivity index (χ0v) is 12.8. The summed E-state index contributed by atoms with van der Waals surface area (Å²) in [6.07, 6.45) is 7.71. The number of carbonyl (C=O) groups excluding carboxylic acids is 1. The number of fused-ring (bicyclic) bond motifs is 1. The van der Waals surface area contributed by atoms with E-state index in [4.69, 9.17) is 9.47 Å². The van der Waals surface area contributed by atoms with Crippen LogP contribution in [-0.4, -0.2) is 31.7 Å². The molecule has 0 spiro atoms. The van der Waals surface area contributed by atoms with Gasteiger partial charge in [0, 0.05) is 5.41 Å². The predicted octanol–water partition coefficient (Wildman–Crippen LogP) is 3.22. The Balaban J connectivity index is 2.30. The van der Waals surface area contributed by atoms with Crippen LogP contribution in [0.15, 0.2) is 34.9 Å². The standard InChI is InChI=1S/C17H24O3/c1-12(7-8-18)5-6-14-13(2)11-15-16(17(14,3)4)20-10-9-19-15/h5-8,15-16H,9-11H2,1-4H3. The Hall–Kier alpha value is -1.19. The number of hydrogen-bond donors (Lipinski definition) is 0. The molecule has 1 aliphatic carbocycles. The van der Waals surface area contributed by atoms with E-state index in [0.29, 0.717) is 13.2 Å². The number of ether oxygens (including phenoxy) is 2. The highest BCUT2D eigenvalue weighted by atomic mass is 16.6. The van der Waals surface area contributed by atoms with Crippen molar-refractivity contribution in [3.8, 4) is 0 Å². The monoisotopic (exact) mass is 276 g/mol. The molecule has 3 nitrogen and oxygen atoms in total. The minimum absolute atomic E-state index is 0.0780. The number of hydrogen-bond acceptors (Lipinski definition) is 3. The number of aldehydes is 1. The predicted molar refractivity (Wildman–Crippen MR) is 79.5 cm³/mol. The second-order valence-corrected chi connectivity index (χ2v) is 6.20. The minimum Gasteiger partial charge on any atom is -0.373 e. The van der Waals surface area contributed by atoms with Crippen molar-refractivity contribution in [3.05, 3.63) is 34.9 Å². The largest absolute Gasteiger partial charge is 0.373 e. The molecule has 1 heterocycles. The van der Waals surface area contributed by atoms with Crippen LogP contribution in [0.2, 0.25) is 0 Å². The second-order valence-electron chi connectivity index (χ2n) is 6.20. The van der Waals surface area contributed by atoms with Crippen molar-refractivity contribution in [2.45, 2.75) is 46.3 Å². The fourth-order valence-corrected chi connectivity index (χ4v) is 3.26. The smallest absolute Gasteiger partial charge is 0.143 e. The second kappa shape index (κ2) is 6.06. The molecule has 1 aliphatic heterocycles. The van der Waals surface area contributed by atoms with Crippen LogP contribution < -0.4 is 0 Å². The van der Waals surface area contributed by atoms with Gasteiger partial charge in [0.25, 0.3) is 0 Å². The summed E-state index contributed by atoms with van der Waals surface area (Å²) in [5.41, 5.74) is 3.52. The molecule has 0 saturated carbocycles. The molecular weight excluding hydrogens is 252 g/mol. The lowest BCUT2D eigenvalue weighted by molar-refractivity contribution is -0.174. The minimum atomic E-state index is -0.0780. The first-order chi connectivity index (χ1) is 9.46. The van der Waals surface area contributed by atoms with E-state index in [1.807, 2.05) is 13.0 Å². The molecular formula is C17H24O3. The Labute approximate surface area is 121 Å². The van der Waals surface area contributed by atoms with Crippen molar-refractivity contribution in [1.82, 2.24) is 0 Å². The number of allylic oxidation sites excluding steroid dienone is 4. The Morgan fingerprint density at radius 3 is 2.70 bits per heavy atom. The van der Waals surface area contributed by atoms with E-state index < -0.39 is 0 Å². The molecule has 0 bridgehead atoms. The van der Waals surface area contributed by atoms with Crippen LogP contribution in [0.4, 0.5) is 0 Å². The Kier molecular flexibility index (Phi) is 4.61. The maximum Gasteiger partial charge on any atom is 0.143 e. The van der Waals surface area contributed by atoms with Gasteiger partial charge in [0.05, 0.1) is 25.4 Å². The lowest BCUT2D eigenvalue weighted by Gasteiger charge is -2.47. The molecule has 0 aromatic carbocycles. The van der Waals surface area contributed by atoms with Crippen molar-refractivity contribution >= 4 is 6.29 Å². The average molecular weight is 276 g/mol. The van der Waals surface area contributed by atoms with Gasteiger partial charge in [-0.05, 0) is 37.5 Å². The summed E-state index contributed by atoms with van der Waals surface area (Å²) < 4.78 is 11.8. The molecule has 20 heavy (non-hydrogen) atoms. The molecule has 2 unspecified atom stereocenters. The lowest BCUT2D eigenvalue weighted by atomic mass is 9.69. The topological polar surface area (TPSA) is 35.5 Å². The highest BCUT2D eigenvalue weighted by Crippen LogP contribution is 2.44. The average Bonchev–Trinajstić information content (AvgIpc) is 2.38. The summed E-state index contributed by atoms with van der Waals surface area (Å²) in [5, 5.41) is 0. The molecule has 3 heteroatoms. The first-order valence-corrected chi connectivity index (χ1v) is 7.20. The number of carbonyl (C=O) groups is 1. The van der Waals surface area contributed by atoms with Crippen LogP contribution >= 0.6 is 0 Å². The quantitative estimate of drug-likeness (QED) is 0.451. The van der Waals surface area contributed by atoms with Gasteiger partial charge in [-0.15, -0.1) is 0 Å². The molecule has 2 atom stereocenters. The van der Waals surface area contributed by atoms with Crippen LogP contribution in [0.3, 0.4) is 0 Å². The molecule has 1 saturated heterocycles. The van der Waals surface area contributed by atoms with Crippen molar-refractivity contribution in [2.24, 2.45) is 5.41 Å². The van der Waals surface area contributed by atoms with Crippen LogP contribution in [0.5, 0.6) is 0 Å². The third-order valence-electron chi connectivity index (χ3n) is 4.27. The fourth-order valence-electron chi connectivity index (χ4n) is 3.26. The van der Waals surface area contributed by atoms with Gasteiger partial charge in [-0.2, -0.15) is 0 Å². The zero-order chi connectivity index (χ0) is 14.8. The zero-order valence-electron chi connectivity index (χ0n) is 12.8. The maximum atomic E-state index is 10.5. The first-order valence-electron chi connectivity index (χ1n) is 7.20. The fraction of sp³-hybridized carbons (Fsp3) is 0.588. The van der Waals surface area contributed by atoms with E-state index in [2.05, 4.69) is 26.8 Å². The van der Waals surface area contributed by atoms with E-state index in [-0.39, 0.29) is 17.6 Å². The molecule has 0 aromatic heterocycles. The summed E-state index contributed by atoms with van der Waals surface area (Å²) in [5.74, 6) is 0. The van der Waals surface area contributed by atoms with E-state index in [0.717, 1.165) is 18.3 Å². The van der Waals surface area contributed by atoms with Gasteiger partial charge < -0.3 is 9.47 Å². The van der Waals surface area contributed by atoms with Gasteiger partial charge in [0.1, 0.15) is 6.29 Å². The van der Waals surface area contributed by atoms with Crippen molar-refractivity contribution in [2.75, 3.05) is 13.2 Å². The van der Waals surface area contributed by atoms with Crippen LogP contribution in [-0.2, 0) is 14.3 Å². The number of rotatable bonds is 3. The van der Waals surface area contributed by atoms with E-state index >= 15 is 0 Å². The summed E-state index contributed by atoms with van der Waals surface area (Å²) >= 11 is 0. The molecule has 0 N–H and O–H groups in total. The molecule has 0 radical (unpaired) electrons. The van der Waals surface area contributed by atoms with E-state index in [1.54, 1.807) is 6.08 Å². The summed E-state index contributed by atoms with van der Waals surface area (Å²) in [7, 11) is 0.